The van der Waals surface area contributed by atoms with Gasteiger partial charge in [0.15, 0.2) is 0 Å². The summed E-state index contributed by atoms with van der Waals surface area (Å²) in [6.45, 7) is 0.0736. The minimum atomic E-state index is -1.05. The highest BCUT2D eigenvalue weighted by molar-refractivity contribution is 7.98. The lowest BCUT2D eigenvalue weighted by molar-refractivity contribution is 0.0694. The standard InChI is InChI=1S/C15H13F2NO2S/c1-21-13-4-2-3-12(14(13)15(19)20)18-8-9-5-6-10(16)7-11(9)17/h2-7,18H,8H2,1H3,(H,19,20). The number of carboxylic acid groups (broad SMARTS) is 1. The second kappa shape index (κ2) is 6.58. The molecule has 2 N–H and O–H groups in total. The van der Waals surface area contributed by atoms with Gasteiger partial charge in [0, 0.05) is 23.1 Å². The van der Waals surface area contributed by atoms with Crippen LogP contribution in [0.4, 0.5) is 14.5 Å². The van der Waals surface area contributed by atoms with Gasteiger partial charge >= 0.3 is 5.97 Å². The van der Waals surface area contributed by atoms with Gasteiger partial charge in [-0.3, -0.25) is 0 Å². The van der Waals surface area contributed by atoms with Crippen LogP contribution < -0.4 is 5.32 Å². The van der Waals surface area contributed by atoms with E-state index in [2.05, 4.69) is 5.32 Å². The van der Waals surface area contributed by atoms with Gasteiger partial charge in [0.1, 0.15) is 11.6 Å². The van der Waals surface area contributed by atoms with Crippen LogP contribution in [-0.4, -0.2) is 17.3 Å². The van der Waals surface area contributed by atoms with Crippen molar-refractivity contribution in [2.45, 2.75) is 11.4 Å². The van der Waals surface area contributed by atoms with Gasteiger partial charge in [-0.1, -0.05) is 12.1 Å². The maximum Gasteiger partial charge on any atom is 0.338 e. The second-order valence-electron chi connectivity index (χ2n) is 4.28. The molecule has 0 spiro atoms. The first-order chi connectivity index (χ1) is 10.0. The molecular weight excluding hydrogens is 296 g/mol. The highest BCUT2D eigenvalue weighted by Crippen LogP contribution is 2.27. The number of benzene rings is 2. The zero-order valence-corrected chi connectivity index (χ0v) is 12.0. The number of rotatable bonds is 5. The number of aromatic carboxylic acids is 1. The predicted octanol–water partition coefficient (Wildman–Crippen LogP) is 4.00. The van der Waals surface area contributed by atoms with Gasteiger partial charge in [0.05, 0.1) is 11.3 Å². The fourth-order valence-electron chi connectivity index (χ4n) is 1.92. The molecule has 0 saturated carbocycles. The third-order valence-corrected chi connectivity index (χ3v) is 3.72. The lowest BCUT2D eigenvalue weighted by Crippen LogP contribution is -2.08. The Morgan fingerprint density at radius 3 is 2.67 bits per heavy atom. The van der Waals surface area contributed by atoms with E-state index in [-0.39, 0.29) is 17.7 Å². The molecule has 0 saturated heterocycles. The molecule has 0 bridgehead atoms. The Kier molecular flexibility index (Phi) is 4.80. The predicted molar refractivity (Wildman–Crippen MR) is 78.9 cm³/mol. The third kappa shape index (κ3) is 3.52. The summed E-state index contributed by atoms with van der Waals surface area (Å²) in [4.78, 5) is 12.0. The minimum absolute atomic E-state index is 0.0736. The van der Waals surface area contributed by atoms with Crippen LogP contribution in [0.1, 0.15) is 15.9 Å². The smallest absolute Gasteiger partial charge is 0.338 e. The third-order valence-electron chi connectivity index (χ3n) is 2.94. The molecule has 0 heterocycles. The molecule has 0 aromatic heterocycles. The largest absolute Gasteiger partial charge is 0.478 e. The Bertz CT molecular complexity index is 677. The van der Waals surface area contributed by atoms with Gasteiger partial charge in [-0.25, -0.2) is 13.6 Å². The Balaban J connectivity index is 2.26. The lowest BCUT2D eigenvalue weighted by atomic mass is 10.1. The van der Waals surface area contributed by atoms with Crippen molar-refractivity contribution in [3.05, 3.63) is 59.2 Å². The van der Waals surface area contributed by atoms with E-state index in [1.807, 2.05) is 0 Å². The summed E-state index contributed by atoms with van der Waals surface area (Å²) in [5.41, 5.74) is 0.813. The fraction of sp³-hybridized carbons (Fsp3) is 0.133. The quantitative estimate of drug-likeness (QED) is 0.820. The number of anilines is 1. The summed E-state index contributed by atoms with van der Waals surface area (Å²) in [5, 5.41) is 12.2. The maximum atomic E-state index is 13.6. The number of hydrogen-bond acceptors (Lipinski definition) is 3. The zero-order valence-electron chi connectivity index (χ0n) is 11.2. The van der Waals surface area contributed by atoms with Crippen LogP contribution in [0.25, 0.3) is 0 Å². The second-order valence-corrected chi connectivity index (χ2v) is 5.13. The average molecular weight is 309 g/mol. The van der Waals surface area contributed by atoms with Crippen LogP contribution in [0.2, 0.25) is 0 Å². The number of thioether (sulfide) groups is 1. The summed E-state index contributed by atoms with van der Waals surface area (Å²) >= 11 is 1.32. The number of carboxylic acids is 1. The van der Waals surface area contributed by atoms with Crippen molar-refractivity contribution in [1.29, 1.82) is 0 Å². The maximum absolute atomic E-state index is 13.6. The molecule has 0 amide bonds. The molecule has 3 nitrogen and oxygen atoms in total. The average Bonchev–Trinajstić information content (AvgIpc) is 2.45. The Morgan fingerprint density at radius 2 is 2.05 bits per heavy atom. The van der Waals surface area contributed by atoms with Crippen molar-refractivity contribution < 1.29 is 18.7 Å². The van der Waals surface area contributed by atoms with Gasteiger partial charge in [0.25, 0.3) is 0 Å². The fourth-order valence-corrected chi connectivity index (χ4v) is 2.54. The molecule has 0 aliphatic carbocycles. The van der Waals surface area contributed by atoms with Crippen LogP contribution in [0.3, 0.4) is 0 Å². The van der Waals surface area contributed by atoms with Crippen LogP contribution in [0, 0.1) is 11.6 Å². The van der Waals surface area contributed by atoms with E-state index in [9.17, 15) is 18.7 Å². The molecule has 110 valence electrons. The number of halogens is 2. The van der Waals surface area contributed by atoms with Crippen molar-refractivity contribution in [1.82, 2.24) is 0 Å². The summed E-state index contributed by atoms with van der Waals surface area (Å²) < 4.78 is 26.4. The normalized spacial score (nSPS) is 10.4. The van der Waals surface area contributed by atoms with E-state index in [0.717, 1.165) is 12.1 Å². The lowest BCUT2D eigenvalue weighted by Gasteiger charge is -2.12. The summed E-state index contributed by atoms with van der Waals surface area (Å²) in [6, 6.07) is 8.34. The monoisotopic (exact) mass is 309 g/mol. The Morgan fingerprint density at radius 1 is 1.29 bits per heavy atom. The van der Waals surface area contributed by atoms with Gasteiger partial charge in [-0.2, -0.15) is 0 Å². The van der Waals surface area contributed by atoms with E-state index in [0.29, 0.717) is 10.6 Å². The molecule has 0 unspecified atom stereocenters. The molecule has 6 heteroatoms. The van der Waals surface area contributed by atoms with Crippen molar-refractivity contribution >= 4 is 23.4 Å². The number of carbonyl (C=O) groups is 1. The van der Waals surface area contributed by atoms with Gasteiger partial charge < -0.3 is 10.4 Å². The first-order valence-electron chi connectivity index (χ1n) is 6.11. The van der Waals surface area contributed by atoms with E-state index in [1.165, 1.54) is 17.8 Å². The molecule has 0 atom stereocenters. The van der Waals surface area contributed by atoms with Gasteiger partial charge in [0.2, 0.25) is 0 Å². The first-order valence-corrected chi connectivity index (χ1v) is 7.33. The molecule has 0 radical (unpaired) electrons. The number of nitrogens with one attached hydrogen (secondary N) is 1. The molecule has 0 aliphatic heterocycles. The first kappa shape index (κ1) is 15.3. The topological polar surface area (TPSA) is 49.3 Å². The van der Waals surface area contributed by atoms with E-state index < -0.39 is 17.6 Å². The molecule has 2 aromatic rings. The highest BCUT2D eigenvalue weighted by atomic mass is 32.2. The van der Waals surface area contributed by atoms with Crippen molar-refractivity contribution in [3.63, 3.8) is 0 Å². The van der Waals surface area contributed by atoms with Gasteiger partial charge in [-0.15, -0.1) is 11.8 Å². The van der Waals surface area contributed by atoms with Crippen LogP contribution >= 0.6 is 11.8 Å². The molecule has 2 aromatic carbocycles. The summed E-state index contributed by atoms with van der Waals surface area (Å²) in [7, 11) is 0. The van der Waals surface area contributed by atoms with Gasteiger partial charge in [-0.05, 0) is 24.5 Å². The highest BCUT2D eigenvalue weighted by Gasteiger charge is 2.15. The zero-order chi connectivity index (χ0) is 15.4. The van der Waals surface area contributed by atoms with E-state index in [1.54, 1.807) is 24.5 Å². The SMILES string of the molecule is CSc1cccc(NCc2ccc(F)cc2F)c1C(=O)O. The number of hydrogen-bond donors (Lipinski definition) is 2. The van der Waals surface area contributed by atoms with Crippen LogP contribution in [0.5, 0.6) is 0 Å². The van der Waals surface area contributed by atoms with E-state index in [4.69, 9.17) is 0 Å². The molecule has 21 heavy (non-hydrogen) atoms. The van der Waals surface area contributed by atoms with Crippen molar-refractivity contribution in [2.75, 3.05) is 11.6 Å². The molecular formula is C15H13F2NO2S. The molecule has 2 rings (SSSR count). The Hall–Kier alpha value is -2.08. The van der Waals surface area contributed by atoms with Crippen molar-refractivity contribution in [3.8, 4) is 0 Å². The minimum Gasteiger partial charge on any atom is -0.478 e. The summed E-state index contributed by atoms with van der Waals surface area (Å²) in [6.07, 6.45) is 1.78. The van der Waals surface area contributed by atoms with E-state index >= 15 is 0 Å². The molecule has 0 fully saturated rings. The summed E-state index contributed by atoms with van der Waals surface area (Å²) in [5.74, 6) is -2.37. The Labute approximate surface area is 125 Å². The van der Waals surface area contributed by atoms with Crippen LogP contribution in [0.15, 0.2) is 41.3 Å². The van der Waals surface area contributed by atoms with Crippen molar-refractivity contribution in [2.24, 2.45) is 0 Å². The molecule has 0 aliphatic rings. The van der Waals surface area contributed by atoms with Crippen LogP contribution in [-0.2, 0) is 6.54 Å².